The molecule has 1 aliphatic heterocycles. The van der Waals surface area contributed by atoms with Crippen molar-refractivity contribution in [3.8, 4) is 0 Å². The quantitative estimate of drug-likeness (QED) is 0.635. The van der Waals surface area contributed by atoms with Crippen molar-refractivity contribution in [3.05, 3.63) is 42.6 Å². The Morgan fingerprint density at radius 2 is 1.92 bits per heavy atom. The lowest BCUT2D eigenvalue weighted by Gasteiger charge is -2.25. The van der Waals surface area contributed by atoms with Gasteiger partial charge in [0.15, 0.2) is 0 Å². The van der Waals surface area contributed by atoms with Crippen LogP contribution in [0.2, 0.25) is 0 Å². The second-order valence-corrected chi connectivity index (χ2v) is 3.40. The Hall–Kier alpha value is -0.990. The number of nitrogens with zero attached hydrogens (tertiary/aromatic N) is 2. The molecule has 0 radical (unpaired) electrons. The van der Waals surface area contributed by atoms with Gasteiger partial charge in [0.1, 0.15) is 0 Å². The van der Waals surface area contributed by atoms with Crippen LogP contribution >= 0.6 is 11.8 Å². The van der Waals surface area contributed by atoms with Crippen LogP contribution in [0.1, 0.15) is 6.92 Å². The molecule has 0 saturated heterocycles. The van der Waals surface area contributed by atoms with E-state index in [1.165, 1.54) is 0 Å². The molecule has 0 spiro atoms. The average Bonchev–Trinajstić information content (AvgIpc) is 2.49. The molecule has 1 aromatic rings. The van der Waals surface area contributed by atoms with E-state index in [1.807, 2.05) is 48.5 Å². The zero-order chi connectivity index (χ0) is 9.26. The fourth-order valence-corrected chi connectivity index (χ4v) is 1.52. The van der Waals surface area contributed by atoms with E-state index in [-0.39, 0.29) is 6.04 Å². The van der Waals surface area contributed by atoms with Crippen molar-refractivity contribution in [2.24, 2.45) is 0 Å². The first-order valence-electron chi connectivity index (χ1n) is 4.26. The average molecular weight is 195 g/mol. The Balaban J connectivity index is 2.24. The minimum Gasteiger partial charge on any atom is -0.267 e. The number of anilines is 1. The maximum Gasteiger partial charge on any atom is 0.0633 e. The predicted octanol–water partition coefficient (Wildman–Crippen LogP) is 2.78. The van der Waals surface area contributed by atoms with Crippen molar-refractivity contribution in [2.45, 2.75) is 13.0 Å². The topological polar surface area (TPSA) is 6.48 Å². The van der Waals surface area contributed by atoms with Gasteiger partial charge in [-0.05, 0) is 25.1 Å². The monoisotopic (exact) mass is 194 g/mol. The van der Waals surface area contributed by atoms with Crippen molar-refractivity contribution < 1.29 is 0 Å². The molecule has 1 aliphatic rings. The van der Waals surface area contributed by atoms with Gasteiger partial charge in [0.25, 0.3) is 0 Å². The van der Waals surface area contributed by atoms with Crippen LogP contribution in [-0.2, 0) is 0 Å². The summed E-state index contributed by atoms with van der Waals surface area (Å²) >= 11 is 6.06. The summed E-state index contributed by atoms with van der Waals surface area (Å²) in [7, 11) is 0. The molecule has 0 amide bonds. The van der Waals surface area contributed by atoms with E-state index in [0.29, 0.717) is 0 Å². The van der Waals surface area contributed by atoms with Crippen molar-refractivity contribution >= 4 is 17.5 Å². The highest BCUT2D eigenvalue weighted by atomic mass is 35.5. The van der Waals surface area contributed by atoms with Gasteiger partial charge in [-0.3, -0.25) is 5.01 Å². The first kappa shape index (κ1) is 8.60. The Morgan fingerprint density at radius 1 is 1.23 bits per heavy atom. The van der Waals surface area contributed by atoms with Crippen molar-refractivity contribution in [1.29, 1.82) is 0 Å². The SMILES string of the molecule is CC1C=CN(c2ccccc2)N1Cl. The number of hydrogen-bond donors (Lipinski definition) is 0. The first-order valence-corrected chi connectivity index (χ1v) is 4.60. The largest absolute Gasteiger partial charge is 0.267 e. The van der Waals surface area contributed by atoms with E-state index in [1.54, 1.807) is 4.53 Å². The number of benzene rings is 1. The third kappa shape index (κ3) is 1.55. The van der Waals surface area contributed by atoms with E-state index >= 15 is 0 Å². The summed E-state index contributed by atoms with van der Waals surface area (Å²) in [6.45, 7) is 2.05. The van der Waals surface area contributed by atoms with Gasteiger partial charge in [-0.25, -0.2) is 0 Å². The third-order valence-electron chi connectivity index (χ3n) is 2.07. The van der Waals surface area contributed by atoms with Crippen LogP contribution < -0.4 is 5.01 Å². The van der Waals surface area contributed by atoms with Gasteiger partial charge in [-0.1, -0.05) is 18.2 Å². The predicted molar refractivity (Wildman–Crippen MR) is 55.2 cm³/mol. The summed E-state index contributed by atoms with van der Waals surface area (Å²) in [6.07, 6.45) is 4.03. The Morgan fingerprint density at radius 3 is 2.46 bits per heavy atom. The van der Waals surface area contributed by atoms with Gasteiger partial charge in [0.2, 0.25) is 0 Å². The van der Waals surface area contributed by atoms with E-state index in [0.717, 1.165) is 5.69 Å². The molecule has 1 atom stereocenters. The summed E-state index contributed by atoms with van der Waals surface area (Å²) in [6, 6.07) is 10.3. The van der Waals surface area contributed by atoms with Gasteiger partial charge >= 0.3 is 0 Å². The molecule has 0 bridgehead atoms. The van der Waals surface area contributed by atoms with Gasteiger partial charge in [0, 0.05) is 18.0 Å². The van der Waals surface area contributed by atoms with Crippen LogP contribution in [0.25, 0.3) is 0 Å². The Labute approximate surface area is 83.1 Å². The highest BCUT2D eigenvalue weighted by Crippen LogP contribution is 2.24. The van der Waals surface area contributed by atoms with Gasteiger partial charge in [-0.15, -0.1) is 4.53 Å². The lowest BCUT2D eigenvalue weighted by Crippen LogP contribution is -2.31. The summed E-state index contributed by atoms with van der Waals surface area (Å²) in [5.74, 6) is 0. The summed E-state index contributed by atoms with van der Waals surface area (Å²) in [4.78, 5) is 0. The van der Waals surface area contributed by atoms with Crippen LogP contribution in [0.4, 0.5) is 5.69 Å². The summed E-state index contributed by atoms with van der Waals surface area (Å²) in [5, 5.41) is 1.92. The number of para-hydroxylation sites is 1. The Kier molecular flexibility index (Phi) is 2.25. The smallest absolute Gasteiger partial charge is 0.0633 e. The highest BCUT2D eigenvalue weighted by Gasteiger charge is 2.21. The van der Waals surface area contributed by atoms with Crippen molar-refractivity contribution in [3.63, 3.8) is 0 Å². The lowest BCUT2D eigenvalue weighted by molar-refractivity contribution is 0.445. The molecule has 2 nitrogen and oxygen atoms in total. The van der Waals surface area contributed by atoms with Crippen LogP contribution in [-0.4, -0.2) is 10.6 Å². The minimum absolute atomic E-state index is 0.252. The van der Waals surface area contributed by atoms with Crippen LogP contribution in [0.3, 0.4) is 0 Å². The zero-order valence-electron chi connectivity index (χ0n) is 7.39. The molecule has 1 aromatic carbocycles. The van der Waals surface area contributed by atoms with E-state index in [4.69, 9.17) is 11.8 Å². The molecule has 0 fully saturated rings. The van der Waals surface area contributed by atoms with Gasteiger partial charge in [0.05, 0.1) is 11.7 Å². The van der Waals surface area contributed by atoms with Crippen molar-refractivity contribution in [1.82, 2.24) is 4.53 Å². The van der Waals surface area contributed by atoms with Crippen LogP contribution in [0.5, 0.6) is 0 Å². The third-order valence-corrected chi connectivity index (χ3v) is 2.54. The van der Waals surface area contributed by atoms with Gasteiger partial charge in [-0.2, -0.15) is 0 Å². The van der Waals surface area contributed by atoms with E-state index in [9.17, 15) is 0 Å². The van der Waals surface area contributed by atoms with Gasteiger partial charge < -0.3 is 0 Å². The maximum absolute atomic E-state index is 6.06. The van der Waals surface area contributed by atoms with Crippen LogP contribution in [0.15, 0.2) is 42.6 Å². The van der Waals surface area contributed by atoms with Crippen molar-refractivity contribution in [2.75, 3.05) is 5.01 Å². The molecule has 0 aromatic heterocycles. The van der Waals surface area contributed by atoms with E-state index in [2.05, 4.69) is 6.08 Å². The second-order valence-electron chi connectivity index (χ2n) is 3.05. The molecule has 13 heavy (non-hydrogen) atoms. The maximum atomic E-state index is 6.06. The molecule has 0 N–H and O–H groups in total. The number of hydrazine groups is 1. The zero-order valence-corrected chi connectivity index (χ0v) is 8.15. The molecule has 2 rings (SSSR count). The molecule has 0 saturated carbocycles. The molecular weight excluding hydrogens is 184 g/mol. The normalized spacial score (nSPS) is 22.6. The standard InChI is InChI=1S/C10H11ClN2/c1-9-7-8-12(13(9)11)10-5-3-2-4-6-10/h2-9H,1H3. The highest BCUT2D eigenvalue weighted by molar-refractivity contribution is 6.14. The molecular formula is C10H11ClN2. The Bertz CT molecular complexity index is 310. The summed E-state index contributed by atoms with van der Waals surface area (Å²) in [5.41, 5.74) is 1.08. The second kappa shape index (κ2) is 3.40. The molecule has 3 heteroatoms. The first-order chi connectivity index (χ1) is 6.29. The van der Waals surface area contributed by atoms with Crippen LogP contribution in [0, 0.1) is 0 Å². The molecule has 68 valence electrons. The number of rotatable bonds is 1. The lowest BCUT2D eigenvalue weighted by atomic mass is 10.3. The number of halogens is 1. The summed E-state index contributed by atoms with van der Waals surface area (Å²) < 4.78 is 1.68. The fraction of sp³-hybridized carbons (Fsp3) is 0.200. The van der Waals surface area contributed by atoms with E-state index < -0.39 is 0 Å². The minimum atomic E-state index is 0.252. The fourth-order valence-electron chi connectivity index (χ4n) is 1.31. The molecule has 1 heterocycles. The molecule has 0 aliphatic carbocycles. The number of hydrogen-bond acceptors (Lipinski definition) is 2. The molecule has 1 unspecified atom stereocenters.